The molecule has 1 aliphatic carbocycles. The summed E-state index contributed by atoms with van der Waals surface area (Å²) >= 11 is 0. The number of pyridine rings is 1. The van der Waals surface area contributed by atoms with Gasteiger partial charge in [0.05, 0.1) is 24.2 Å². The molecule has 0 radical (unpaired) electrons. The first kappa shape index (κ1) is 29.6. The highest BCUT2D eigenvalue weighted by atomic mass is 19.1. The minimum Gasteiger partial charge on any atom is -0.508 e. The summed E-state index contributed by atoms with van der Waals surface area (Å²) in [4.78, 5) is 18.6. The largest absolute Gasteiger partial charge is 0.508 e. The molecule has 0 spiro atoms. The number of benzene rings is 2. The van der Waals surface area contributed by atoms with E-state index in [1.54, 1.807) is 0 Å². The highest BCUT2D eigenvalue weighted by molar-refractivity contribution is 6.03. The van der Waals surface area contributed by atoms with Gasteiger partial charge in [-0.15, -0.1) is 6.42 Å². The standard InChI is InChI=1S/C35H37F2N5O3/c1-3-24-27(36)10-9-22-18-23(43)19-25(29(22)24)31-30(37)32-26(20-38-31)33(42-14-7-16-44-17-15-42)40-34(39-32)45-21-35-11-5-8-28(35)41(4-2)13-6-12-35/h1,9-10,18-20,28,43H,4-8,11-17,21H2,2H3. The van der Waals surface area contributed by atoms with Gasteiger partial charge in [-0.2, -0.15) is 9.97 Å². The number of nitrogens with zero attached hydrogens (tertiary/aromatic N) is 5. The van der Waals surface area contributed by atoms with Crippen LogP contribution in [-0.2, 0) is 4.74 Å². The fraction of sp³-hybridized carbons (Fsp3) is 0.457. The lowest BCUT2D eigenvalue weighted by atomic mass is 9.75. The van der Waals surface area contributed by atoms with E-state index in [2.05, 4.69) is 32.6 Å². The zero-order valence-corrected chi connectivity index (χ0v) is 25.5. The number of hydrogen-bond donors (Lipinski definition) is 1. The molecule has 1 N–H and O–H groups in total. The molecule has 0 amide bonds. The normalized spacial score (nSPS) is 22.4. The summed E-state index contributed by atoms with van der Waals surface area (Å²) in [6, 6.07) is 6.13. The second-order valence-electron chi connectivity index (χ2n) is 12.4. The third-order valence-electron chi connectivity index (χ3n) is 9.93. The molecule has 2 aromatic carbocycles. The lowest BCUT2D eigenvalue weighted by molar-refractivity contribution is 0.00248. The van der Waals surface area contributed by atoms with Gasteiger partial charge >= 0.3 is 6.01 Å². The van der Waals surface area contributed by atoms with Crippen LogP contribution in [0.3, 0.4) is 0 Å². The maximum atomic E-state index is 16.8. The van der Waals surface area contributed by atoms with Crippen molar-refractivity contribution in [1.29, 1.82) is 0 Å². The van der Waals surface area contributed by atoms with E-state index in [1.807, 2.05) is 0 Å². The molecule has 2 atom stereocenters. The molecule has 3 fully saturated rings. The molecule has 4 aromatic rings. The van der Waals surface area contributed by atoms with Crippen molar-refractivity contribution in [3.63, 3.8) is 0 Å². The van der Waals surface area contributed by atoms with Crippen molar-refractivity contribution in [2.75, 3.05) is 50.9 Å². The average Bonchev–Trinajstić information content (AvgIpc) is 3.30. The number of hydrogen-bond acceptors (Lipinski definition) is 8. The number of phenols is 1. The van der Waals surface area contributed by atoms with Crippen molar-refractivity contribution < 1.29 is 23.4 Å². The molecule has 7 rings (SSSR count). The van der Waals surface area contributed by atoms with Crippen LogP contribution in [0, 0.1) is 29.4 Å². The molecule has 3 aliphatic rings. The van der Waals surface area contributed by atoms with E-state index in [-0.39, 0.29) is 39.5 Å². The quantitative estimate of drug-likeness (QED) is 0.263. The van der Waals surface area contributed by atoms with Gasteiger partial charge in [0.2, 0.25) is 0 Å². The van der Waals surface area contributed by atoms with Crippen LogP contribution in [0.1, 0.15) is 51.0 Å². The van der Waals surface area contributed by atoms with Crippen LogP contribution >= 0.6 is 0 Å². The van der Waals surface area contributed by atoms with E-state index in [9.17, 15) is 9.50 Å². The van der Waals surface area contributed by atoms with Crippen LogP contribution in [0.15, 0.2) is 30.5 Å². The molecule has 45 heavy (non-hydrogen) atoms. The fourth-order valence-electron chi connectivity index (χ4n) is 7.82. The van der Waals surface area contributed by atoms with E-state index >= 15 is 4.39 Å². The molecule has 234 valence electrons. The van der Waals surface area contributed by atoms with Gasteiger partial charge in [-0.25, -0.2) is 8.78 Å². The Balaban J connectivity index is 1.36. The molecule has 1 saturated carbocycles. The van der Waals surface area contributed by atoms with E-state index in [0.29, 0.717) is 60.9 Å². The number of anilines is 1. The smallest absolute Gasteiger partial charge is 0.319 e. The zero-order valence-electron chi connectivity index (χ0n) is 25.5. The highest BCUT2D eigenvalue weighted by Gasteiger charge is 2.48. The number of likely N-dealkylation sites (tertiary alicyclic amines) is 1. The van der Waals surface area contributed by atoms with Crippen LogP contribution in [-0.4, -0.2) is 77.0 Å². The summed E-state index contributed by atoms with van der Waals surface area (Å²) in [5, 5.41) is 11.7. The van der Waals surface area contributed by atoms with Gasteiger partial charge in [0.15, 0.2) is 5.82 Å². The Hall–Kier alpha value is -4.07. The molecule has 4 heterocycles. The van der Waals surface area contributed by atoms with E-state index in [1.165, 1.54) is 30.5 Å². The molecule has 2 aromatic heterocycles. The predicted octanol–water partition coefficient (Wildman–Crippen LogP) is 6.07. The van der Waals surface area contributed by atoms with Gasteiger partial charge < -0.3 is 19.5 Å². The van der Waals surface area contributed by atoms with Crippen LogP contribution in [0.25, 0.3) is 32.9 Å². The summed E-state index contributed by atoms with van der Waals surface area (Å²) in [5.41, 5.74) is 0.110. The Bertz CT molecular complexity index is 1800. The van der Waals surface area contributed by atoms with Crippen molar-refractivity contribution >= 4 is 27.5 Å². The number of ether oxygens (including phenoxy) is 2. The Morgan fingerprint density at radius 1 is 1.11 bits per heavy atom. The minimum atomic E-state index is -0.724. The van der Waals surface area contributed by atoms with Gasteiger partial charge in [0, 0.05) is 48.3 Å². The van der Waals surface area contributed by atoms with Gasteiger partial charge in [-0.1, -0.05) is 25.3 Å². The first-order chi connectivity index (χ1) is 21.9. The number of halogens is 2. The minimum absolute atomic E-state index is 0.0152. The van der Waals surface area contributed by atoms with Crippen molar-refractivity contribution in [3.05, 3.63) is 47.7 Å². The number of phenolic OH excluding ortho intramolecular Hbond substituents is 1. The van der Waals surface area contributed by atoms with Crippen LogP contribution < -0.4 is 9.64 Å². The van der Waals surface area contributed by atoms with Crippen LogP contribution in [0.2, 0.25) is 0 Å². The summed E-state index contributed by atoms with van der Waals surface area (Å²) in [6.45, 7) is 7.19. The van der Waals surface area contributed by atoms with E-state index in [0.717, 1.165) is 51.6 Å². The van der Waals surface area contributed by atoms with Gasteiger partial charge in [0.25, 0.3) is 0 Å². The number of rotatable bonds is 6. The predicted molar refractivity (Wildman–Crippen MR) is 169 cm³/mol. The van der Waals surface area contributed by atoms with Crippen molar-refractivity contribution in [2.45, 2.75) is 51.5 Å². The van der Waals surface area contributed by atoms with Crippen molar-refractivity contribution in [2.24, 2.45) is 5.41 Å². The van der Waals surface area contributed by atoms with E-state index < -0.39 is 11.6 Å². The zero-order chi connectivity index (χ0) is 31.1. The maximum absolute atomic E-state index is 16.8. The summed E-state index contributed by atoms with van der Waals surface area (Å²) < 4.78 is 43.7. The molecule has 8 nitrogen and oxygen atoms in total. The number of piperidine rings is 1. The first-order valence-corrected chi connectivity index (χ1v) is 15.9. The Morgan fingerprint density at radius 2 is 1.98 bits per heavy atom. The van der Waals surface area contributed by atoms with Crippen LogP contribution in [0.5, 0.6) is 11.8 Å². The van der Waals surface area contributed by atoms with Gasteiger partial charge in [-0.05, 0) is 68.8 Å². The van der Waals surface area contributed by atoms with Crippen LogP contribution in [0.4, 0.5) is 14.6 Å². The summed E-state index contributed by atoms with van der Waals surface area (Å²) in [5.74, 6) is 1.47. The topological polar surface area (TPSA) is 83.8 Å². The first-order valence-electron chi connectivity index (χ1n) is 15.9. The SMILES string of the molecule is C#Cc1c(F)ccc2cc(O)cc(-c3ncc4c(N5CCCOCC5)nc(OCC56CCCC5N(CC)CCC6)nc4c3F)c12. The Labute approximate surface area is 261 Å². The van der Waals surface area contributed by atoms with Gasteiger partial charge in [-0.3, -0.25) is 9.88 Å². The molecule has 0 bridgehead atoms. The van der Waals surface area contributed by atoms with Crippen molar-refractivity contribution in [3.8, 4) is 35.4 Å². The number of terminal acetylenes is 1. The number of fused-ring (bicyclic) bond motifs is 3. The van der Waals surface area contributed by atoms with Crippen molar-refractivity contribution in [1.82, 2.24) is 19.9 Å². The fourth-order valence-corrected chi connectivity index (χ4v) is 7.82. The average molecular weight is 614 g/mol. The Kier molecular flexibility index (Phi) is 7.92. The highest BCUT2D eigenvalue weighted by Crippen LogP contribution is 2.48. The molecular formula is C35H37F2N5O3. The number of aromatic hydroxyl groups is 1. The summed E-state index contributed by atoms with van der Waals surface area (Å²) in [7, 11) is 0. The molecule has 2 unspecified atom stereocenters. The maximum Gasteiger partial charge on any atom is 0.319 e. The Morgan fingerprint density at radius 3 is 2.82 bits per heavy atom. The second kappa shape index (κ2) is 12.0. The summed E-state index contributed by atoms with van der Waals surface area (Å²) in [6.07, 6.45) is 13.6. The molecule has 2 saturated heterocycles. The lowest BCUT2D eigenvalue weighted by Crippen LogP contribution is -2.51. The molecular weight excluding hydrogens is 576 g/mol. The molecule has 2 aliphatic heterocycles. The second-order valence-corrected chi connectivity index (χ2v) is 12.4. The molecule has 10 heteroatoms. The monoisotopic (exact) mass is 613 g/mol. The third-order valence-corrected chi connectivity index (χ3v) is 9.93. The third kappa shape index (κ3) is 5.22. The number of aromatic nitrogens is 3. The van der Waals surface area contributed by atoms with E-state index in [4.69, 9.17) is 20.9 Å². The van der Waals surface area contributed by atoms with Gasteiger partial charge in [0.1, 0.15) is 28.6 Å². The lowest BCUT2D eigenvalue weighted by Gasteiger charge is -2.45.